The molecule has 0 saturated heterocycles. The van der Waals surface area contributed by atoms with Gasteiger partial charge in [-0.3, -0.25) is 9.59 Å². The second-order valence-corrected chi connectivity index (χ2v) is 26.3. The Balaban J connectivity index is 3.32. The number of allylic oxidation sites excluding steroid dienone is 6. The highest BCUT2D eigenvalue weighted by Gasteiger charge is 2.20. The van der Waals surface area contributed by atoms with E-state index in [9.17, 15) is 19.8 Å². The van der Waals surface area contributed by atoms with Crippen LogP contribution in [0.2, 0.25) is 0 Å². The van der Waals surface area contributed by atoms with E-state index in [1.54, 1.807) is 0 Å². The van der Waals surface area contributed by atoms with Gasteiger partial charge in [-0.05, 0) is 77.0 Å². The Morgan fingerprint density at radius 1 is 0.333 bits per heavy atom. The Labute approximate surface area is 525 Å². The van der Waals surface area contributed by atoms with Crippen molar-refractivity contribution in [2.24, 2.45) is 0 Å². The first-order valence-electron chi connectivity index (χ1n) is 38.2. The normalized spacial score (nSPS) is 12.7. The summed E-state index contributed by atoms with van der Waals surface area (Å²) in [5, 5.41) is 23.4. The summed E-state index contributed by atoms with van der Waals surface area (Å²) in [7, 11) is 0. The fraction of sp³-hybridized carbons (Fsp3) is 0.897. The van der Waals surface area contributed by atoms with Crippen molar-refractivity contribution in [2.45, 2.75) is 437 Å². The van der Waals surface area contributed by atoms with Crippen LogP contribution in [0, 0.1) is 0 Å². The van der Waals surface area contributed by atoms with Crippen LogP contribution in [0.3, 0.4) is 0 Å². The molecule has 0 fully saturated rings. The SMILES string of the molecule is CCC/C=C\C/C=C\CCCCCCCC(=O)OCCCCCCCCCCCCCCCCCCCC/C=C\CCCCCCCCCCCCCCCCCCCC(=O)NC(CO)C(O)CCCCCCCCCCCCCCCCC. The number of hydrogen-bond donors (Lipinski definition) is 3. The Morgan fingerprint density at radius 2 is 0.619 bits per heavy atom. The average molecular weight is 1180 g/mol. The van der Waals surface area contributed by atoms with Crippen LogP contribution in [-0.4, -0.2) is 47.4 Å². The molecule has 0 aromatic rings. The second kappa shape index (κ2) is 73.5. The zero-order chi connectivity index (χ0) is 60.6. The van der Waals surface area contributed by atoms with Crippen molar-refractivity contribution in [1.82, 2.24) is 5.32 Å². The number of esters is 1. The Morgan fingerprint density at radius 3 is 0.964 bits per heavy atom. The molecule has 1 amide bonds. The number of rotatable bonds is 72. The summed E-state index contributed by atoms with van der Waals surface area (Å²) in [4.78, 5) is 24.6. The minimum atomic E-state index is -0.661. The molecule has 0 heterocycles. The molecule has 3 N–H and O–H groups in total. The van der Waals surface area contributed by atoms with Gasteiger partial charge in [0.15, 0.2) is 0 Å². The van der Waals surface area contributed by atoms with Crippen LogP contribution >= 0.6 is 0 Å². The number of nitrogens with one attached hydrogen (secondary N) is 1. The van der Waals surface area contributed by atoms with E-state index in [1.165, 1.54) is 340 Å². The number of unbranched alkanes of at least 4 members (excludes halogenated alkanes) is 55. The quantitative estimate of drug-likeness (QED) is 0.0320. The van der Waals surface area contributed by atoms with E-state index >= 15 is 0 Å². The molecule has 0 aliphatic heterocycles. The molecule has 0 rings (SSSR count). The van der Waals surface area contributed by atoms with E-state index < -0.39 is 12.1 Å². The minimum Gasteiger partial charge on any atom is -0.466 e. The van der Waals surface area contributed by atoms with Gasteiger partial charge in [0.05, 0.1) is 25.4 Å². The van der Waals surface area contributed by atoms with Crippen molar-refractivity contribution in [3.05, 3.63) is 36.5 Å². The highest BCUT2D eigenvalue weighted by molar-refractivity contribution is 5.76. The predicted molar refractivity (Wildman–Crippen MR) is 370 cm³/mol. The molecule has 2 unspecified atom stereocenters. The van der Waals surface area contributed by atoms with Crippen molar-refractivity contribution in [2.75, 3.05) is 13.2 Å². The summed E-state index contributed by atoms with van der Waals surface area (Å²) in [5.41, 5.74) is 0. The average Bonchev–Trinajstić information content (AvgIpc) is 3.53. The van der Waals surface area contributed by atoms with Gasteiger partial charge in [0.25, 0.3) is 0 Å². The highest BCUT2D eigenvalue weighted by Crippen LogP contribution is 2.19. The molecular weight excluding hydrogens is 1030 g/mol. The lowest BCUT2D eigenvalue weighted by Gasteiger charge is -2.22. The third kappa shape index (κ3) is 69.2. The first-order valence-corrected chi connectivity index (χ1v) is 38.2. The zero-order valence-electron chi connectivity index (χ0n) is 56.9. The van der Waals surface area contributed by atoms with Crippen LogP contribution < -0.4 is 5.32 Å². The third-order valence-electron chi connectivity index (χ3n) is 17.9. The number of carbonyl (C=O) groups excluding carboxylic acids is 2. The van der Waals surface area contributed by atoms with Crippen LogP contribution in [0.25, 0.3) is 0 Å². The van der Waals surface area contributed by atoms with Gasteiger partial charge in [0.2, 0.25) is 5.91 Å². The fourth-order valence-corrected chi connectivity index (χ4v) is 12.1. The maximum atomic E-state index is 12.5. The number of amides is 1. The minimum absolute atomic E-state index is 0.00739. The topological polar surface area (TPSA) is 95.9 Å². The summed E-state index contributed by atoms with van der Waals surface area (Å²) >= 11 is 0. The van der Waals surface area contributed by atoms with Crippen LogP contribution in [0.1, 0.15) is 425 Å². The summed E-state index contributed by atoms with van der Waals surface area (Å²) < 4.78 is 5.48. The second-order valence-electron chi connectivity index (χ2n) is 26.3. The molecule has 0 saturated carbocycles. The predicted octanol–water partition coefficient (Wildman–Crippen LogP) is 25.0. The third-order valence-corrected chi connectivity index (χ3v) is 17.9. The molecule has 496 valence electrons. The monoisotopic (exact) mass is 1180 g/mol. The van der Waals surface area contributed by atoms with Crippen molar-refractivity contribution >= 4 is 11.9 Å². The van der Waals surface area contributed by atoms with E-state index in [2.05, 4.69) is 55.6 Å². The number of aliphatic hydroxyl groups is 2. The maximum absolute atomic E-state index is 12.5. The van der Waals surface area contributed by atoms with E-state index in [-0.39, 0.29) is 18.5 Å². The first kappa shape index (κ1) is 82.1. The Kier molecular flexibility index (Phi) is 71.9. The van der Waals surface area contributed by atoms with Crippen LogP contribution in [0.5, 0.6) is 0 Å². The molecule has 0 aliphatic carbocycles. The van der Waals surface area contributed by atoms with Crippen molar-refractivity contribution < 1.29 is 24.5 Å². The number of hydrogen-bond acceptors (Lipinski definition) is 5. The number of aliphatic hydroxyl groups excluding tert-OH is 2. The van der Waals surface area contributed by atoms with Gasteiger partial charge in [-0.2, -0.15) is 0 Å². The molecular formula is C78H149NO5. The summed E-state index contributed by atoms with van der Waals surface area (Å²) in [6.45, 7) is 4.92. The van der Waals surface area contributed by atoms with Crippen LogP contribution in [-0.2, 0) is 14.3 Å². The van der Waals surface area contributed by atoms with E-state index in [0.717, 1.165) is 51.4 Å². The van der Waals surface area contributed by atoms with Gasteiger partial charge in [-0.25, -0.2) is 0 Å². The fourth-order valence-electron chi connectivity index (χ4n) is 12.1. The molecule has 0 aliphatic rings. The molecule has 0 aromatic heterocycles. The number of carbonyl (C=O) groups is 2. The van der Waals surface area contributed by atoms with Crippen molar-refractivity contribution in [1.29, 1.82) is 0 Å². The first-order chi connectivity index (χ1) is 41.5. The van der Waals surface area contributed by atoms with Crippen LogP contribution in [0.4, 0.5) is 0 Å². The van der Waals surface area contributed by atoms with E-state index in [4.69, 9.17) is 4.74 Å². The van der Waals surface area contributed by atoms with E-state index in [1.807, 2.05) is 0 Å². The largest absolute Gasteiger partial charge is 0.466 e. The van der Waals surface area contributed by atoms with Crippen LogP contribution in [0.15, 0.2) is 36.5 Å². The van der Waals surface area contributed by atoms with Gasteiger partial charge >= 0.3 is 5.97 Å². The Hall–Kier alpha value is -1.92. The lowest BCUT2D eigenvalue weighted by Crippen LogP contribution is -2.45. The van der Waals surface area contributed by atoms with Gasteiger partial charge in [0, 0.05) is 12.8 Å². The molecule has 6 heteroatoms. The lowest BCUT2D eigenvalue weighted by atomic mass is 10.0. The standard InChI is InChI=1S/C78H149NO5/c1-3-5-7-9-11-13-15-17-43-47-50-54-58-62-66-70-76(81)75(74-80)79-77(82)71-67-63-59-55-51-48-44-41-39-37-35-33-31-29-27-25-23-21-19-18-20-22-24-26-28-30-32-34-36-38-40-42-45-49-53-57-61-65-69-73-84-78(83)72-68-64-60-56-52-46-16-14-12-10-8-6-4-2/h8,10,14,16,18-19,75-76,80-81H,3-7,9,11-13,15,17,20-74H2,1-2H3,(H,79,82)/b10-8-,16-14-,19-18-. The lowest BCUT2D eigenvalue weighted by molar-refractivity contribution is -0.143. The van der Waals surface area contributed by atoms with Gasteiger partial charge in [0.1, 0.15) is 0 Å². The number of ether oxygens (including phenoxy) is 1. The Bertz CT molecular complexity index is 1360. The molecule has 0 aromatic carbocycles. The zero-order valence-corrected chi connectivity index (χ0v) is 56.9. The van der Waals surface area contributed by atoms with Crippen molar-refractivity contribution in [3.8, 4) is 0 Å². The summed E-state index contributed by atoms with van der Waals surface area (Å²) in [6.07, 6.45) is 95.2. The smallest absolute Gasteiger partial charge is 0.305 e. The van der Waals surface area contributed by atoms with Gasteiger partial charge in [-0.1, -0.05) is 371 Å². The van der Waals surface area contributed by atoms with Gasteiger partial charge in [-0.15, -0.1) is 0 Å². The molecule has 2 atom stereocenters. The maximum Gasteiger partial charge on any atom is 0.305 e. The van der Waals surface area contributed by atoms with E-state index in [0.29, 0.717) is 25.9 Å². The molecule has 0 bridgehead atoms. The molecule has 0 radical (unpaired) electrons. The van der Waals surface area contributed by atoms with Gasteiger partial charge < -0.3 is 20.3 Å². The molecule has 0 spiro atoms. The van der Waals surface area contributed by atoms with Crippen molar-refractivity contribution in [3.63, 3.8) is 0 Å². The highest BCUT2D eigenvalue weighted by atomic mass is 16.5. The summed E-state index contributed by atoms with van der Waals surface area (Å²) in [5.74, 6) is -0.0201. The molecule has 6 nitrogen and oxygen atoms in total. The molecule has 84 heavy (non-hydrogen) atoms. The summed E-state index contributed by atoms with van der Waals surface area (Å²) in [6, 6.07) is -0.538.